The maximum absolute atomic E-state index is 4.42. The summed E-state index contributed by atoms with van der Waals surface area (Å²) >= 11 is 1.70. The molecular weight excluding hydrogens is 240 g/mol. The summed E-state index contributed by atoms with van der Waals surface area (Å²) in [6, 6.07) is 10.1. The number of nitrogens with one attached hydrogen (secondary N) is 1. The van der Waals surface area contributed by atoms with E-state index in [1.54, 1.807) is 11.3 Å². The Kier molecular flexibility index (Phi) is 6.15. The first kappa shape index (κ1) is 14.5. The smallest absolute Gasteiger partial charge is 0.102 e. The van der Waals surface area contributed by atoms with Crippen LogP contribution in [0, 0.1) is 0 Å². The van der Waals surface area contributed by atoms with Crippen molar-refractivity contribution in [2.75, 3.05) is 5.32 Å². The monoisotopic (exact) mass is 260 g/mol. The van der Waals surface area contributed by atoms with Crippen molar-refractivity contribution in [2.24, 2.45) is 4.99 Å². The minimum absolute atomic E-state index is 0.996. The highest BCUT2D eigenvalue weighted by Gasteiger charge is 2.08. The van der Waals surface area contributed by atoms with Crippen LogP contribution in [0.25, 0.3) is 0 Å². The highest BCUT2D eigenvalue weighted by molar-refractivity contribution is 7.14. The van der Waals surface area contributed by atoms with Crippen molar-refractivity contribution in [3.8, 4) is 0 Å². The lowest BCUT2D eigenvalue weighted by Crippen LogP contribution is -1.87. The van der Waals surface area contributed by atoms with Gasteiger partial charge in [0.05, 0.1) is 11.4 Å². The van der Waals surface area contributed by atoms with E-state index in [0.29, 0.717) is 0 Å². The van der Waals surface area contributed by atoms with Gasteiger partial charge in [-0.05, 0) is 23.6 Å². The lowest BCUT2D eigenvalue weighted by atomic mass is 10.3. The Labute approximate surface area is 113 Å². The Morgan fingerprint density at radius 2 is 1.72 bits per heavy atom. The molecule has 1 aromatic heterocycles. The third-order valence-electron chi connectivity index (χ3n) is 2.19. The summed E-state index contributed by atoms with van der Waals surface area (Å²) in [6.45, 7) is 8.00. The zero-order valence-electron chi connectivity index (χ0n) is 11.4. The second-order valence-corrected chi connectivity index (χ2v) is 4.02. The van der Waals surface area contributed by atoms with Crippen molar-refractivity contribution in [3.63, 3.8) is 0 Å². The van der Waals surface area contributed by atoms with Crippen molar-refractivity contribution in [1.29, 1.82) is 0 Å². The molecule has 1 aliphatic heterocycles. The molecule has 0 atom stereocenters. The van der Waals surface area contributed by atoms with Gasteiger partial charge >= 0.3 is 0 Å². The molecule has 1 aromatic carbocycles. The van der Waals surface area contributed by atoms with Crippen LogP contribution in [0.15, 0.2) is 40.7 Å². The lowest BCUT2D eigenvalue weighted by Gasteiger charge is -2.04. The number of benzene rings is 1. The molecule has 1 aliphatic rings. The van der Waals surface area contributed by atoms with Gasteiger partial charge in [0.25, 0.3) is 0 Å². The largest absolute Gasteiger partial charge is 0.345 e. The summed E-state index contributed by atoms with van der Waals surface area (Å²) in [6.07, 6.45) is 1.91. The number of thiophene rings is 1. The molecule has 2 nitrogen and oxygen atoms in total. The van der Waals surface area contributed by atoms with Crippen LogP contribution in [0.1, 0.15) is 33.3 Å². The molecule has 3 rings (SSSR count). The Morgan fingerprint density at radius 1 is 1.00 bits per heavy atom. The summed E-state index contributed by atoms with van der Waals surface area (Å²) in [5, 5.41) is 6.61. The molecule has 3 heteroatoms. The van der Waals surface area contributed by atoms with E-state index in [4.69, 9.17) is 0 Å². The number of rotatable bonds is 0. The molecule has 0 saturated heterocycles. The van der Waals surface area contributed by atoms with Gasteiger partial charge in [0.1, 0.15) is 5.00 Å². The van der Waals surface area contributed by atoms with E-state index in [-0.39, 0.29) is 0 Å². The third kappa shape index (κ3) is 3.20. The van der Waals surface area contributed by atoms with Crippen LogP contribution in [0.4, 0.5) is 16.4 Å². The first-order valence-electron chi connectivity index (χ1n) is 6.41. The topological polar surface area (TPSA) is 24.4 Å². The van der Waals surface area contributed by atoms with Crippen molar-refractivity contribution in [2.45, 2.75) is 27.7 Å². The van der Waals surface area contributed by atoms with E-state index in [2.05, 4.69) is 21.8 Å². The first-order valence-corrected chi connectivity index (χ1v) is 7.29. The molecule has 0 saturated carbocycles. The van der Waals surface area contributed by atoms with Gasteiger partial charge in [-0.1, -0.05) is 39.8 Å². The van der Waals surface area contributed by atoms with Gasteiger partial charge in [0.2, 0.25) is 0 Å². The van der Waals surface area contributed by atoms with Gasteiger partial charge in [-0.15, -0.1) is 11.3 Å². The number of para-hydroxylation sites is 2. The van der Waals surface area contributed by atoms with Crippen LogP contribution in [0.2, 0.25) is 0 Å². The molecule has 0 fully saturated rings. The van der Waals surface area contributed by atoms with Crippen LogP contribution >= 0.6 is 11.3 Å². The molecule has 0 amide bonds. The molecule has 0 aliphatic carbocycles. The van der Waals surface area contributed by atoms with Crippen LogP contribution in [0.5, 0.6) is 0 Å². The Hall–Kier alpha value is -1.61. The van der Waals surface area contributed by atoms with Gasteiger partial charge in [-0.3, -0.25) is 4.99 Å². The van der Waals surface area contributed by atoms with Crippen molar-refractivity contribution in [3.05, 3.63) is 41.3 Å². The van der Waals surface area contributed by atoms with Crippen LogP contribution in [0.3, 0.4) is 0 Å². The fraction of sp³-hybridized carbons (Fsp3) is 0.267. The van der Waals surface area contributed by atoms with Gasteiger partial charge < -0.3 is 5.32 Å². The average molecular weight is 260 g/mol. The minimum Gasteiger partial charge on any atom is -0.345 e. The normalized spacial score (nSPS) is 10.4. The Bertz CT molecular complexity index is 501. The average Bonchev–Trinajstić information content (AvgIpc) is 2.82. The summed E-state index contributed by atoms with van der Waals surface area (Å²) in [5.74, 6) is 0. The van der Waals surface area contributed by atoms with E-state index in [1.807, 2.05) is 58.2 Å². The van der Waals surface area contributed by atoms with Crippen LogP contribution in [-0.4, -0.2) is 6.21 Å². The minimum atomic E-state index is 0.996. The summed E-state index contributed by atoms with van der Waals surface area (Å²) in [4.78, 5) is 4.42. The molecule has 0 spiro atoms. The third-order valence-corrected chi connectivity index (χ3v) is 3.04. The first-order chi connectivity index (χ1) is 8.93. The number of aliphatic imine (C=N–C) groups is 1. The summed E-state index contributed by atoms with van der Waals surface area (Å²) in [5.41, 5.74) is 3.23. The Morgan fingerprint density at radius 3 is 2.50 bits per heavy atom. The molecule has 2 heterocycles. The second-order valence-electron chi connectivity index (χ2n) is 3.11. The fourth-order valence-electron chi connectivity index (χ4n) is 1.48. The van der Waals surface area contributed by atoms with E-state index < -0.39 is 0 Å². The predicted octanol–water partition coefficient (Wildman–Crippen LogP) is 5.61. The van der Waals surface area contributed by atoms with Crippen molar-refractivity contribution < 1.29 is 0 Å². The zero-order valence-corrected chi connectivity index (χ0v) is 12.2. The Balaban J connectivity index is 0.000000371. The van der Waals surface area contributed by atoms with E-state index in [0.717, 1.165) is 16.9 Å². The highest BCUT2D eigenvalue weighted by Crippen LogP contribution is 2.34. The zero-order chi connectivity index (χ0) is 13.4. The fourth-order valence-corrected chi connectivity index (χ4v) is 2.25. The maximum atomic E-state index is 4.42. The molecule has 1 N–H and O–H groups in total. The van der Waals surface area contributed by atoms with Gasteiger partial charge in [-0.25, -0.2) is 0 Å². The van der Waals surface area contributed by atoms with Crippen molar-refractivity contribution >= 4 is 33.9 Å². The lowest BCUT2D eigenvalue weighted by molar-refractivity contribution is 1.50. The molecule has 2 aromatic rings. The quantitative estimate of drug-likeness (QED) is 0.558. The number of anilines is 2. The SMILES string of the molecule is C1=Nc2ccccc2Nc2sccc21.CC.CC. The maximum Gasteiger partial charge on any atom is 0.102 e. The van der Waals surface area contributed by atoms with Gasteiger partial charge in [0, 0.05) is 11.8 Å². The molecule has 0 radical (unpaired) electrons. The number of hydrogen-bond acceptors (Lipinski definition) is 3. The molecule has 96 valence electrons. The molecule has 18 heavy (non-hydrogen) atoms. The highest BCUT2D eigenvalue weighted by atomic mass is 32.1. The summed E-state index contributed by atoms with van der Waals surface area (Å²) in [7, 11) is 0. The van der Waals surface area contributed by atoms with Gasteiger partial charge in [0.15, 0.2) is 0 Å². The number of hydrogen-bond donors (Lipinski definition) is 1. The number of fused-ring (bicyclic) bond motifs is 2. The van der Waals surface area contributed by atoms with E-state index in [9.17, 15) is 0 Å². The second kappa shape index (κ2) is 7.67. The van der Waals surface area contributed by atoms with Gasteiger partial charge in [-0.2, -0.15) is 0 Å². The van der Waals surface area contributed by atoms with Crippen LogP contribution in [-0.2, 0) is 0 Å². The summed E-state index contributed by atoms with van der Waals surface area (Å²) < 4.78 is 0. The van der Waals surface area contributed by atoms with E-state index >= 15 is 0 Å². The molecular formula is C15H20N2S. The standard InChI is InChI=1S/C11H8N2S.2C2H6/c1-2-4-10-9(3-1)12-7-8-5-6-14-11(8)13-10;2*1-2/h1-7,13H;2*1-2H3. The van der Waals surface area contributed by atoms with E-state index in [1.165, 1.54) is 5.00 Å². The predicted molar refractivity (Wildman–Crippen MR) is 84.0 cm³/mol. The molecule has 0 bridgehead atoms. The van der Waals surface area contributed by atoms with Crippen molar-refractivity contribution in [1.82, 2.24) is 0 Å². The van der Waals surface area contributed by atoms with Crippen LogP contribution < -0.4 is 5.32 Å². The molecule has 0 unspecified atom stereocenters. The number of nitrogens with zero attached hydrogens (tertiary/aromatic N) is 1.